The van der Waals surface area contributed by atoms with Crippen LogP contribution in [0.3, 0.4) is 0 Å². The third-order valence-corrected chi connectivity index (χ3v) is 3.40. The van der Waals surface area contributed by atoms with Crippen molar-refractivity contribution in [1.82, 2.24) is 0 Å². The molecule has 17 heavy (non-hydrogen) atoms. The maximum atomic E-state index is 9.15. The molecule has 0 unspecified atom stereocenters. The Morgan fingerprint density at radius 3 is 2.47 bits per heavy atom. The third kappa shape index (κ3) is 2.34. The fourth-order valence-electron chi connectivity index (χ4n) is 2.27. The molecular weight excluding hydrogens is 208 g/mol. The van der Waals surface area contributed by atoms with Gasteiger partial charge in [-0.1, -0.05) is 44.2 Å². The molecule has 0 aromatic carbocycles. The van der Waals surface area contributed by atoms with Gasteiger partial charge in [-0.05, 0) is 47.1 Å². The summed E-state index contributed by atoms with van der Waals surface area (Å²) in [6, 6.07) is 11.0. The number of aliphatic hydroxyl groups excluding tert-OH is 1. The smallest absolute Gasteiger partial charge is 0.0471 e. The standard InChI is InChI=1S/C16H20O/c1-11(2)14-6-5-13(8-9-17)15-7-4-12(3)16(15)10-14/h4-7,10-11,17H,8-9H2,1-3H3. The Kier molecular flexibility index (Phi) is 3.49. The SMILES string of the molecule is Cc1ccc2c(CCO)ccc(C(C)C)cc1-2. The molecule has 0 aromatic rings. The van der Waals surface area contributed by atoms with Crippen molar-refractivity contribution in [2.45, 2.75) is 33.1 Å². The molecule has 0 bridgehead atoms. The lowest BCUT2D eigenvalue weighted by Crippen LogP contribution is -1.90. The van der Waals surface area contributed by atoms with Crippen molar-refractivity contribution in [1.29, 1.82) is 0 Å². The van der Waals surface area contributed by atoms with Gasteiger partial charge in [0.15, 0.2) is 0 Å². The van der Waals surface area contributed by atoms with Gasteiger partial charge in [-0.25, -0.2) is 0 Å². The van der Waals surface area contributed by atoms with Crippen LogP contribution in [0.25, 0.3) is 11.1 Å². The highest BCUT2D eigenvalue weighted by atomic mass is 16.2. The Labute approximate surface area is 103 Å². The van der Waals surface area contributed by atoms with E-state index in [0.717, 1.165) is 6.42 Å². The van der Waals surface area contributed by atoms with Crippen molar-refractivity contribution in [2.24, 2.45) is 0 Å². The van der Waals surface area contributed by atoms with Gasteiger partial charge in [0.2, 0.25) is 0 Å². The highest BCUT2D eigenvalue weighted by molar-refractivity contribution is 5.74. The largest absolute Gasteiger partial charge is 0.396 e. The fourth-order valence-corrected chi connectivity index (χ4v) is 2.27. The second-order valence-corrected chi connectivity index (χ2v) is 4.97. The molecule has 0 atom stereocenters. The van der Waals surface area contributed by atoms with Gasteiger partial charge >= 0.3 is 0 Å². The molecule has 0 amide bonds. The summed E-state index contributed by atoms with van der Waals surface area (Å²) in [6.45, 7) is 6.78. The van der Waals surface area contributed by atoms with Crippen molar-refractivity contribution in [3.8, 4) is 11.1 Å². The first kappa shape index (κ1) is 12.1. The van der Waals surface area contributed by atoms with Gasteiger partial charge in [0.1, 0.15) is 0 Å². The quantitative estimate of drug-likeness (QED) is 0.848. The molecule has 0 aliphatic heterocycles. The molecule has 1 nitrogen and oxygen atoms in total. The summed E-state index contributed by atoms with van der Waals surface area (Å²) in [4.78, 5) is 0. The average molecular weight is 228 g/mol. The summed E-state index contributed by atoms with van der Waals surface area (Å²) in [5.41, 5.74) is 6.51. The lowest BCUT2D eigenvalue weighted by molar-refractivity contribution is 0.300. The Balaban J connectivity index is 2.62. The van der Waals surface area contributed by atoms with Crippen molar-refractivity contribution in [3.63, 3.8) is 0 Å². The van der Waals surface area contributed by atoms with E-state index in [0.29, 0.717) is 5.92 Å². The summed E-state index contributed by atoms with van der Waals surface area (Å²) in [6.07, 6.45) is 0.728. The van der Waals surface area contributed by atoms with Crippen LogP contribution in [0.4, 0.5) is 0 Å². The topological polar surface area (TPSA) is 20.2 Å². The molecule has 0 radical (unpaired) electrons. The predicted octanol–water partition coefficient (Wildman–Crippen LogP) is 3.76. The monoisotopic (exact) mass is 228 g/mol. The van der Waals surface area contributed by atoms with Crippen LogP contribution in [0.5, 0.6) is 0 Å². The molecule has 2 aliphatic rings. The number of aryl methyl sites for hydroxylation is 1. The molecule has 0 heterocycles. The minimum Gasteiger partial charge on any atom is -0.396 e. The van der Waals surface area contributed by atoms with Crippen LogP contribution in [-0.4, -0.2) is 11.7 Å². The van der Waals surface area contributed by atoms with Crippen LogP contribution in [0.1, 0.15) is 36.5 Å². The molecule has 0 aromatic heterocycles. The normalized spacial score (nSPS) is 11.4. The van der Waals surface area contributed by atoms with E-state index in [1.54, 1.807) is 0 Å². The first-order chi connectivity index (χ1) is 8.13. The van der Waals surface area contributed by atoms with Crippen LogP contribution >= 0.6 is 0 Å². The Hall–Kier alpha value is -1.34. The number of aliphatic hydroxyl groups is 1. The molecule has 0 saturated heterocycles. The molecular formula is C16H20O. The molecule has 0 spiro atoms. The maximum absolute atomic E-state index is 9.15. The van der Waals surface area contributed by atoms with Crippen molar-refractivity contribution >= 4 is 0 Å². The van der Waals surface area contributed by atoms with Crippen LogP contribution < -0.4 is 0 Å². The van der Waals surface area contributed by atoms with Crippen LogP contribution in [-0.2, 0) is 6.42 Å². The Bertz CT molecular complexity index is 485. The van der Waals surface area contributed by atoms with E-state index >= 15 is 0 Å². The molecule has 2 rings (SSSR count). The number of fused-ring (bicyclic) bond motifs is 1. The molecule has 0 fully saturated rings. The van der Waals surface area contributed by atoms with E-state index < -0.39 is 0 Å². The van der Waals surface area contributed by atoms with Gasteiger partial charge in [0.25, 0.3) is 0 Å². The lowest BCUT2D eigenvalue weighted by atomic mass is 10.0. The fraction of sp³-hybridized carbons (Fsp3) is 0.375. The van der Waals surface area contributed by atoms with Gasteiger partial charge in [0, 0.05) is 6.61 Å². The van der Waals surface area contributed by atoms with Gasteiger partial charge in [-0.3, -0.25) is 0 Å². The lowest BCUT2D eigenvalue weighted by Gasteiger charge is -2.04. The second kappa shape index (κ2) is 4.89. The van der Waals surface area contributed by atoms with Crippen LogP contribution in [0.15, 0.2) is 30.3 Å². The zero-order valence-corrected chi connectivity index (χ0v) is 10.8. The third-order valence-electron chi connectivity index (χ3n) is 3.40. The van der Waals surface area contributed by atoms with Gasteiger partial charge in [-0.2, -0.15) is 0 Å². The number of hydrogen-bond acceptors (Lipinski definition) is 1. The molecule has 2 aliphatic carbocycles. The van der Waals surface area contributed by atoms with Gasteiger partial charge in [0.05, 0.1) is 0 Å². The first-order valence-electron chi connectivity index (χ1n) is 6.26. The summed E-state index contributed by atoms with van der Waals surface area (Å²) in [5.74, 6) is 0.530. The molecule has 1 N–H and O–H groups in total. The summed E-state index contributed by atoms with van der Waals surface area (Å²) in [5, 5.41) is 9.15. The minimum atomic E-state index is 0.209. The Morgan fingerprint density at radius 2 is 1.82 bits per heavy atom. The number of hydrogen-bond donors (Lipinski definition) is 1. The summed E-state index contributed by atoms with van der Waals surface area (Å²) in [7, 11) is 0. The Morgan fingerprint density at radius 1 is 1.06 bits per heavy atom. The zero-order chi connectivity index (χ0) is 12.4. The predicted molar refractivity (Wildman–Crippen MR) is 72.7 cm³/mol. The van der Waals surface area contributed by atoms with E-state index in [-0.39, 0.29) is 6.61 Å². The minimum absolute atomic E-state index is 0.209. The van der Waals surface area contributed by atoms with Crippen molar-refractivity contribution in [3.05, 3.63) is 47.0 Å². The molecule has 1 heteroatoms. The van der Waals surface area contributed by atoms with Gasteiger partial charge in [-0.15, -0.1) is 0 Å². The molecule has 0 saturated carbocycles. The number of rotatable bonds is 3. The van der Waals surface area contributed by atoms with E-state index in [1.807, 2.05) is 0 Å². The zero-order valence-electron chi connectivity index (χ0n) is 10.8. The summed E-state index contributed by atoms with van der Waals surface area (Å²) < 4.78 is 0. The van der Waals surface area contributed by atoms with Crippen molar-refractivity contribution in [2.75, 3.05) is 6.61 Å². The van der Waals surface area contributed by atoms with E-state index in [1.165, 1.54) is 27.8 Å². The highest BCUT2D eigenvalue weighted by Crippen LogP contribution is 2.32. The maximum Gasteiger partial charge on any atom is 0.0471 e. The summed E-state index contributed by atoms with van der Waals surface area (Å²) >= 11 is 0. The van der Waals surface area contributed by atoms with Crippen LogP contribution in [0.2, 0.25) is 0 Å². The van der Waals surface area contributed by atoms with Crippen LogP contribution in [0, 0.1) is 6.92 Å². The average Bonchev–Trinajstić information content (AvgIpc) is 2.54. The van der Waals surface area contributed by atoms with Gasteiger partial charge < -0.3 is 5.11 Å². The highest BCUT2D eigenvalue weighted by Gasteiger charge is 2.11. The van der Waals surface area contributed by atoms with E-state index in [9.17, 15) is 0 Å². The van der Waals surface area contributed by atoms with E-state index in [4.69, 9.17) is 5.11 Å². The molecule has 90 valence electrons. The van der Waals surface area contributed by atoms with Crippen molar-refractivity contribution < 1.29 is 5.11 Å². The second-order valence-electron chi connectivity index (χ2n) is 4.97. The first-order valence-corrected chi connectivity index (χ1v) is 6.26. The van der Waals surface area contributed by atoms with E-state index in [2.05, 4.69) is 51.1 Å².